The Hall–Kier alpha value is -3.76. The van der Waals surface area contributed by atoms with Crippen LogP contribution in [0.2, 0.25) is 0 Å². The molecule has 0 atom stereocenters. The van der Waals surface area contributed by atoms with E-state index in [-0.39, 0.29) is 24.2 Å². The van der Waals surface area contributed by atoms with Crippen molar-refractivity contribution in [3.05, 3.63) is 54.5 Å². The number of amides is 1. The van der Waals surface area contributed by atoms with Crippen LogP contribution in [0.4, 0.5) is 26.2 Å². The Labute approximate surface area is 177 Å². The molecule has 0 saturated heterocycles. The van der Waals surface area contributed by atoms with Crippen molar-refractivity contribution < 1.29 is 18.3 Å². The van der Waals surface area contributed by atoms with Gasteiger partial charge in [-0.1, -0.05) is 12.1 Å². The van der Waals surface area contributed by atoms with Gasteiger partial charge in [-0.05, 0) is 37.6 Å². The summed E-state index contributed by atoms with van der Waals surface area (Å²) in [6, 6.07) is 8.17. The van der Waals surface area contributed by atoms with Crippen molar-refractivity contribution >= 4 is 23.4 Å². The van der Waals surface area contributed by atoms with Crippen LogP contribution in [0, 0.1) is 0 Å². The molecule has 11 heteroatoms. The summed E-state index contributed by atoms with van der Waals surface area (Å²) in [6.07, 6.45) is 4.83. The van der Waals surface area contributed by atoms with Crippen LogP contribution >= 0.6 is 0 Å². The van der Waals surface area contributed by atoms with Crippen LogP contribution in [0.3, 0.4) is 0 Å². The second-order valence-electron chi connectivity index (χ2n) is 6.92. The Kier molecular flexibility index (Phi) is 7.31. The molecule has 0 aliphatic rings. The van der Waals surface area contributed by atoms with Gasteiger partial charge in [0.2, 0.25) is 11.9 Å². The predicted octanol–water partition coefficient (Wildman–Crippen LogP) is 3.15. The second-order valence-corrected chi connectivity index (χ2v) is 6.92. The number of nitrogens with one attached hydrogen (secondary N) is 3. The summed E-state index contributed by atoms with van der Waals surface area (Å²) in [5.41, 5.74) is 1.39. The van der Waals surface area contributed by atoms with E-state index in [1.807, 2.05) is 13.8 Å². The van der Waals surface area contributed by atoms with Gasteiger partial charge in [0.1, 0.15) is 18.1 Å². The third kappa shape index (κ3) is 7.21. The van der Waals surface area contributed by atoms with Crippen LogP contribution < -0.4 is 20.7 Å². The van der Waals surface area contributed by atoms with Crippen molar-refractivity contribution in [1.82, 2.24) is 25.1 Å². The van der Waals surface area contributed by atoms with Gasteiger partial charge in [-0.15, -0.1) is 0 Å². The normalized spacial score (nSPS) is 10.9. The van der Waals surface area contributed by atoms with Crippen molar-refractivity contribution in [2.75, 3.05) is 10.6 Å². The Bertz CT molecular complexity index is 1010. The van der Waals surface area contributed by atoms with Crippen LogP contribution in [-0.2, 0) is 17.9 Å². The molecule has 164 valence electrons. The number of nitrogens with zero attached hydrogens (tertiary/aromatic N) is 4. The maximum atomic E-state index is 12.4. The van der Waals surface area contributed by atoms with Gasteiger partial charge in [0, 0.05) is 25.0 Å². The fourth-order valence-corrected chi connectivity index (χ4v) is 2.70. The molecule has 31 heavy (non-hydrogen) atoms. The summed E-state index contributed by atoms with van der Waals surface area (Å²) in [7, 11) is 0. The molecule has 1 amide bonds. The molecule has 0 fully saturated rings. The Morgan fingerprint density at radius 3 is 2.87 bits per heavy atom. The lowest BCUT2D eigenvalue weighted by Crippen LogP contribution is -2.33. The highest BCUT2D eigenvalue weighted by Crippen LogP contribution is 2.18. The maximum absolute atomic E-state index is 12.4. The third-order valence-corrected chi connectivity index (χ3v) is 3.90. The molecule has 1 aromatic carbocycles. The quantitative estimate of drug-likeness (QED) is 0.453. The number of alkyl halides is 2. The van der Waals surface area contributed by atoms with Gasteiger partial charge < -0.3 is 20.7 Å². The first-order valence-corrected chi connectivity index (χ1v) is 9.57. The van der Waals surface area contributed by atoms with Crippen LogP contribution in [0.15, 0.2) is 48.9 Å². The number of aromatic nitrogens is 4. The molecule has 0 unspecified atom stereocenters. The standard InChI is InChI=1S/C20H23F2N7O2/c1-13(2)26-18(30)12-29-11-15(10-25-29)27-20-23-7-6-17(28-20)24-9-14-4-3-5-16(8-14)31-19(21)22/h3-8,10-11,13,19H,9,12H2,1-2H3,(H,26,30)(H2,23,24,27,28). The fourth-order valence-electron chi connectivity index (χ4n) is 2.70. The highest BCUT2D eigenvalue weighted by Gasteiger charge is 2.08. The van der Waals surface area contributed by atoms with Gasteiger partial charge in [0.15, 0.2) is 0 Å². The zero-order valence-corrected chi connectivity index (χ0v) is 17.0. The van der Waals surface area contributed by atoms with E-state index in [0.717, 1.165) is 5.56 Å². The highest BCUT2D eigenvalue weighted by molar-refractivity contribution is 5.76. The molecular weight excluding hydrogens is 408 g/mol. The van der Waals surface area contributed by atoms with Crippen LogP contribution in [-0.4, -0.2) is 38.3 Å². The number of carbonyl (C=O) groups excluding carboxylic acids is 1. The van der Waals surface area contributed by atoms with Crippen LogP contribution in [0.5, 0.6) is 5.75 Å². The molecule has 9 nitrogen and oxygen atoms in total. The van der Waals surface area contributed by atoms with Gasteiger partial charge in [-0.3, -0.25) is 9.48 Å². The molecule has 0 spiro atoms. The molecule has 0 saturated carbocycles. The zero-order valence-electron chi connectivity index (χ0n) is 17.0. The fraction of sp³-hybridized carbons (Fsp3) is 0.300. The number of hydrogen-bond donors (Lipinski definition) is 3. The van der Waals surface area contributed by atoms with Gasteiger partial charge in [0.05, 0.1) is 11.9 Å². The smallest absolute Gasteiger partial charge is 0.387 e. The summed E-state index contributed by atoms with van der Waals surface area (Å²) >= 11 is 0. The van der Waals surface area contributed by atoms with E-state index in [9.17, 15) is 13.6 Å². The number of hydrogen-bond acceptors (Lipinski definition) is 7. The number of benzene rings is 1. The van der Waals surface area contributed by atoms with E-state index in [1.54, 1.807) is 36.8 Å². The van der Waals surface area contributed by atoms with Gasteiger partial charge in [0.25, 0.3) is 0 Å². The topological polar surface area (TPSA) is 106 Å². The number of rotatable bonds is 10. The molecule has 2 aromatic heterocycles. The molecule has 0 radical (unpaired) electrons. The van der Waals surface area contributed by atoms with E-state index in [4.69, 9.17) is 0 Å². The molecule has 3 aromatic rings. The Morgan fingerprint density at radius 2 is 2.10 bits per heavy atom. The molecule has 3 N–H and O–H groups in total. The van der Waals surface area contributed by atoms with Gasteiger partial charge in [-0.2, -0.15) is 18.9 Å². The number of ether oxygens (including phenoxy) is 1. The Morgan fingerprint density at radius 1 is 1.26 bits per heavy atom. The summed E-state index contributed by atoms with van der Waals surface area (Å²) < 4.78 is 30.6. The SMILES string of the molecule is CC(C)NC(=O)Cn1cc(Nc2nccc(NCc3cccc(OC(F)F)c3)n2)cn1. The lowest BCUT2D eigenvalue weighted by Gasteiger charge is -2.09. The largest absolute Gasteiger partial charge is 0.435 e. The first kappa shape index (κ1) is 21.9. The molecule has 0 aliphatic carbocycles. The van der Waals surface area contributed by atoms with Crippen molar-refractivity contribution in [3.8, 4) is 5.75 Å². The van der Waals surface area contributed by atoms with Gasteiger partial charge >= 0.3 is 6.61 Å². The average Bonchev–Trinajstić information content (AvgIpc) is 3.12. The average molecular weight is 431 g/mol. The van der Waals surface area contributed by atoms with Crippen LogP contribution in [0.25, 0.3) is 0 Å². The van der Waals surface area contributed by atoms with Crippen molar-refractivity contribution in [2.24, 2.45) is 0 Å². The Balaban J connectivity index is 1.57. The summed E-state index contributed by atoms with van der Waals surface area (Å²) in [4.78, 5) is 20.4. The summed E-state index contributed by atoms with van der Waals surface area (Å²) in [5, 5.41) is 13.1. The molecule has 0 bridgehead atoms. The van der Waals surface area contributed by atoms with E-state index in [1.165, 1.54) is 16.8 Å². The van der Waals surface area contributed by atoms with Crippen molar-refractivity contribution in [1.29, 1.82) is 0 Å². The summed E-state index contributed by atoms with van der Waals surface area (Å²) in [6.45, 7) is 1.38. The number of halogens is 2. The molecule has 0 aliphatic heterocycles. The first-order valence-electron chi connectivity index (χ1n) is 9.57. The number of carbonyl (C=O) groups is 1. The summed E-state index contributed by atoms with van der Waals surface area (Å²) in [5.74, 6) is 0.848. The minimum absolute atomic E-state index is 0.0589. The first-order chi connectivity index (χ1) is 14.9. The van der Waals surface area contributed by atoms with E-state index >= 15 is 0 Å². The lowest BCUT2D eigenvalue weighted by molar-refractivity contribution is -0.122. The van der Waals surface area contributed by atoms with Crippen molar-refractivity contribution in [2.45, 2.75) is 39.6 Å². The van der Waals surface area contributed by atoms with E-state index in [2.05, 4.69) is 35.8 Å². The van der Waals surface area contributed by atoms with Crippen LogP contribution in [0.1, 0.15) is 19.4 Å². The lowest BCUT2D eigenvalue weighted by atomic mass is 10.2. The molecular formula is C20H23F2N7O2. The zero-order chi connectivity index (χ0) is 22.2. The van der Waals surface area contributed by atoms with Crippen molar-refractivity contribution in [3.63, 3.8) is 0 Å². The molecule has 3 rings (SSSR count). The molecule has 2 heterocycles. The third-order valence-electron chi connectivity index (χ3n) is 3.90. The minimum Gasteiger partial charge on any atom is -0.435 e. The minimum atomic E-state index is -2.87. The maximum Gasteiger partial charge on any atom is 0.387 e. The second kappa shape index (κ2) is 10.3. The van der Waals surface area contributed by atoms with E-state index in [0.29, 0.717) is 24.0 Å². The van der Waals surface area contributed by atoms with Gasteiger partial charge in [-0.25, -0.2) is 4.98 Å². The highest BCUT2D eigenvalue weighted by atomic mass is 19.3. The van der Waals surface area contributed by atoms with E-state index < -0.39 is 6.61 Å². The predicted molar refractivity (Wildman–Crippen MR) is 111 cm³/mol. The monoisotopic (exact) mass is 431 g/mol. The number of anilines is 3.